The van der Waals surface area contributed by atoms with Crippen LogP contribution < -0.4 is 5.32 Å². The maximum Gasteiger partial charge on any atom is 0.338 e. The number of hydrogen-bond donors (Lipinski definition) is 1. The molecule has 1 amide bonds. The van der Waals surface area contributed by atoms with Gasteiger partial charge < -0.3 is 10.1 Å². The summed E-state index contributed by atoms with van der Waals surface area (Å²) in [6.45, 7) is 8.42. The summed E-state index contributed by atoms with van der Waals surface area (Å²) in [5.74, 6) is -0.357. The zero-order chi connectivity index (χ0) is 19.9. The van der Waals surface area contributed by atoms with Gasteiger partial charge in [-0.1, -0.05) is 25.1 Å². The Morgan fingerprint density at radius 3 is 2.56 bits per heavy atom. The molecular weight excluding hydrogens is 366 g/mol. The number of thioether (sulfide) groups is 1. The minimum Gasteiger partial charge on any atom is -0.462 e. The van der Waals surface area contributed by atoms with Crippen LogP contribution in [-0.2, 0) is 15.1 Å². The lowest BCUT2D eigenvalue weighted by Crippen LogP contribution is -2.24. The molecule has 0 spiro atoms. The molecule has 0 radical (unpaired) electrons. The number of benzene rings is 1. The van der Waals surface area contributed by atoms with Gasteiger partial charge in [-0.25, -0.2) is 9.48 Å². The van der Waals surface area contributed by atoms with E-state index in [1.54, 1.807) is 28.9 Å². The predicted octanol–water partition coefficient (Wildman–Crippen LogP) is 3.12. The molecule has 2 aromatic rings. The van der Waals surface area contributed by atoms with Crippen LogP contribution in [0.5, 0.6) is 0 Å². The second-order valence-electron chi connectivity index (χ2n) is 6.95. The van der Waals surface area contributed by atoms with Gasteiger partial charge in [0.2, 0.25) is 11.1 Å². The van der Waals surface area contributed by atoms with Gasteiger partial charge in [-0.2, -0.15) is 0 Å². The summed E-state index contributed by atoms with van der Waals surface area (Å²) in [5.41, 5.74) is 0.813. The quantitative estimate of drug-likeness (QED) is 0.419. The average Bonchev–Trinajstić information content (AvgIpc) is 3.10. The number of rotatable bonds is 8. The van der Waals surface area contributed by atoms with E-state index in [0.29, 0.717) is 23.0 Å². The highest BCUT2D eigenvalue weighted by Crippen LogP contribution is 2.21. The molecule has 0 bridgehead atoms. The minimum absolute atomic E-state index is 0.178. The molecule has 1 aromatic carbocycles. The van der Waals surface area contributed by atoms with Gasteiger partial charge in [0.15, 0.2) is 0 Å². The first-order valence-electron chi connectivity index (χ1n) is 8.80. The minimum atomic E-state index is -0.356. The number of hydrogen-bond acceptors (Lipinski definition) is 7. The Labute approximate surface area is 163 Å². The molecule has 0 aliphatic rings. The molecule has 8 nitrogen and oxygen atoms in total. The fourth-order valence-corrected chi connectivity index (χ4v) is 2.96. The van der Waals surface area contributed by atoms with Crippen LogP contribution in [0.3, 0.4) is 0 Å². The van der Waals surface area contributed by atoms with Crippen molar-refractivity contribution in [1.29, 1.82) is 0 Å². The van der Waals surface area contributed by atoms with Crippen molar-refractivity contribution in [2.45, 2.75) is 51.2 Å². The second-order valence-corrected chi connectivity index (χ2v) is 7.89. The van der Waals surface area contributed by atoms with Crippen LogP contribution in [-0.4, -0.2) is 44.4 Å². The van der Waals surface area contributed by atoms with Crippen molar-refractivity contribution in [3.63, 3.8) is 0 Å². The predicted molar refractivity (Wildman–Crippen MR) is 104 cm³/mol. The highest BCUT2D eigenvalue weighted by molar-refractivity contribution is 7.99. The zero-order valence-corrected chi connectivity index (χ0v) is 16.9. The summed E-state index contributed by atoms with van der Waals surface area (Å²) in [5, 5.41) is 15.0. The van der Waals surface area contributed by atoms with E-state index in [9.17, 15) is 9.59 Å². The van der Waals surface area contributed by atoms with E-state index in [1.807, 2.05) is 27.7 Å². The fraction of sp³-hybridized carbons (Fsp3) is 0.500. The molecule has 146 valence electrons. The summed E-state index contributed by atoms with van der Waals surface area (Å²) in [6, 6.07) is 6.63. The van der Waals surface area contributed by atoms with Crippen LogP contribution in [0, 0.1) is 0 Å². The Morgan fingerprint density at radius 2 is 1.93 bits per heavy atom. The number of tetrazole rings is 1. The van der Waals surface area contributed by atoms with Crippen LogP contribution >= 0.6 is 11.8 Å². The number of aromatic nitrogens is 4. The maximum absolute atomic E-state index is 12.2. The number of nitrogens with one attached hydrogen (secondary N) is 1. The Hall–Kier alpha value is -2.42. The summed E-state index contributed by atoms with van der Waals surface area (Å²) in [4.78, 5) is 24.0. The Bertz CT molecular complexity index is 768. The Balaban J connectivity index is 1.86. The molecule has 0 saturated carbocycles. The molecule has 0 saturated heterocycles. The van der Waals surface area contributed by atoms with Gasteiger partial charge in [-0.05, 0) is 61.9 Å². The summed E-state index contributed by atoms with van der Waals surface area (Å²) in [6.07, 6.45) is 1.81. The van der Waals surface area contributed by atoms with E-state index in [4.69, 9.17) is 4.74 Å². The largest absolute Gasteiger partial charge is 0.462 e. The monoisotopic (exact) mass is 391 g/mol. The van der Waals surface area contributed by atoms with Gasteiger partial charge in [-0.3, -0.25) is 4.79 Å². The van der Waals surface area contributed by atoms with Gasteiger partial charge in [0.05, 0.1) is 23.5 Å². The van der Waals surface area contributed by atoms with Gasteiger partial charge in [-0.15, -0.1) is 5.10 Å². The van der Waals surface area contributed by atoms with Gasteiger partial charge in [0.1, 0.15) is 0 Å². The van der Waals surface area contributed by atoms with Crippen molar-refractivity contribution < 1.29 is 14.3 Å². The van der Waals surface area contributed by atoms with E-state index in [2.05, 4.69) is 20.8 Å². The van der Waals surface area contributed by atoms with Gasteiger partial charge in [0, 0.05) is 5.69 Å². The van der Waals surface area contributed by atoms with Crippen molar-refractivity contribution in [1.82, 2.24) is 20.2 Å². The van der Waals surface area contributed by atoms with Crippen molar-refractivity contribution in [3.8, 4) is 0 Å². The van der Waals surface area contributed by atoms with Crippen LogP contribution in [0.15, 0.2) is 29.4 Å². The molecule has 0 aliphatic heterocycles. The standard InChI is InChI=1S/C18H25N5O3S/c1-5-6-11-26-16(25)13-7-9-14(10-8-13)19-15(24)12-27-17-20-21-22-23(17)18(2,3)4/h7-10H,5-6,11-12H2,1-4H3,(H,19,24). The lowest BCUT2D eigenvalue weighted by molar-refractivity contribution is -0.113. The maximum atomic E-state index is 12.2. The third-order valence-electron chi connectivity index (χ3n) is 3.54. The normalized spacial score (nSPS) is 11.3. The van der Waals surface area contributed by atoms with E-state index < -0.39 is 0 Å². The van der Waals surface area contributed by atoms with Gasteiger partial charge in [0.25, 0.3) is 0 Å². The molecular formula is C18H25N5O3S. The topological polar surface area (TPSA) is 99.0 Å². The number of amides is 1. The molecule has 9 heteroatoms. The number of esters is 1. The molecule has 1 N–H and O–H groups in total. The molecule has 1 heterocycles. The number of ether oxygens (including phenoxy) is 1. The summed E-state index contributed by atoms with van der Waals surface area (Å²) >= 11 is 1.27. The van der Waals surface area contributed by atoms with E-state index in [1.165, 1.54) is 11.8 Å². The lowest BCUT2D eigenvalue weighted by atomic mass is 10.1. The third kappa shape index (κ3) is 6.35. The number of carbonyl (C=O) groups is 2. The van der Waals surface area contributed by atoms with E-state index in [-0.39, 0.29) is 23.2 Å². The summed E-state index contributed by atoms with van der Waals surface area (Å²) < 4.78 is 6.84. The first-order valence-corrected chi connectivity index (χ1v) is 9.78. The molecule has 0 atom stereocenters. The second kappa shape index (κ2) is 9.50. The zero-order valence-electron chi connectivity index (χ0n) is 16.1. The van der Waals surface area contributed by atoms with E-state index >= 15 is 0 Å². The molecule has 1 aromatic heterocycles. The Kier molecular flexibility index (Phi) is 7.35. The fourth-order valence-electron chi connectivity index (χ4n) is 2.10. The van der Waals surface area contributed by atoms with Crippen molar-refractivity contribution in [3.05, 3.63) is 29.8 Å². The smallest absolute Gasteiger partial charge is 0.338 e. The molecule has 2 rings (SSSR count). The highest BCUT2D eigenvalue weighted by Gasteiger charge is 2.20. The highest BCUT2D eigenvalue weighted by atomic mass is 32.2. The van der Waals surface area contributed by atoms with Crippen molar-refractivity contribution in [2.75, 3.05) is 17.7 Å². The third-order valence-corrected chi connectivity index (χ3v) is 4.46. The molecule has 0 aliphatic carbocycles. The number of unbranched alkanes of at least 4 members (excludes halogenated alkanes) is 1. The van der Waals surface area contributed by atoms with Crippen molar-refractivity contribution in [2.24, 2.45) is 0 Å². The Morgan fingerprint density at radius 1 is 1.22 bits per heavy atom. The van der Waals surface area contributed by atoms with Crippen LogP contribution in [0.25, 0.3) is 0 Å². The molecule has 27 heavy (non-hydrogen) atoms. The van der Waals surface area contributed by atoms with Gasteiger partial charge >= 0.3 is 5.97 Å². The lowest BCUT2D eigenvalue weighted by Gasteiger charge is -2.19. The average molecular weight is 391 g/mol. The number of nitrogens with zero attached hydrogens (tertiary/aromatic N) is 4. The van der Waals surface area contributed by atoms with Crippen LogP contribution in [0.4, 0.5) is 5.69 Å². The first kappa shape index (κ1) is 20.9. The first-order chi connectivity index (χ1) is 12.8. The SMILES string of the molecule is CCCCOC(=O)c1ccc(NC(=O)CSc2nnnn2C(C)(C)C)cc1. The number of carbonyl (C=O) groups excluding carboxylic acids is 2. The molecule has 0 fully saturated rings. The number of anilines is 1. The van der Waals surface area contributed by atoms with E-state index in [0.717, 1.165) is 12.8 Å². The summed E-state index contributed by atoms with van der Waals surface area (Å²) in [7, 11) is 0. The molecule has 0 unspecified atom stereocenters. The van der Waals surface area contributed by atoms with Crippen LogP contribution in [0.1, 0.15) is 50.9 Å². The van der Waals surface area contributed by atoms with Crippen LogP contribution in [0.2, 0.25) is 0 Å². The van der Waals surface area contributed by atoms with Crippen molar-refractivity contribution >= 4 is 29.3 Å².